The Morgan fingerprint density at radius 2 is 1.85 bits per heavy atom. The van der Waals surface area contributed by atoms with Crippen molar-refractivity contribution in [1.82, 2.24) is 14.2 Å². The molecular formula is C23H18ClF3N4O3. The van der Waals surface area contributed by atoms with Crippen LogP contribution in [0.15, 0.2) is 65.7 Å². The average molecular weight is 491 g/mol. The number of hydrogen-bond donors (Lipinski definition) is 1. The first kappa shape index (κ1) is 23.4. The van der Waals surface area contributed by atoms with Gasteiger partial charge in [0.05, 0.1) is 28.6 Å². The van der Waals surface area contributed by atoms with Crippen molar-refractivity contribution in [2.24, 2.45) is 0 Å². The summed E-state index contributed by atoms with van der Waals surface area (Å²) in [5.41, 5.74) is -0.0773. The maximum Gasteiger partial charge on any atom is 0.416 e. The lowest BCUT2D eigenvalue weighted by Gasteiger charge is -2.12. The highest BCUT2D eigenvalue weighted by molar-refractivity contribution is 6.33. The first-order valence-electron chi connectivity index (χ1n) is 10.1. The summed E-state index contributed by atoms with van der Waals surface area (Å²) < 4.78 is 46.8. The van der Waals surface area contributed by atoms with Gasteiger partial charge in [-0.05, 0) is 55.5 Å². The summed E-state index contributed by atoms with van der Waals surface area (Å²) in [6, 6.07) is 11.4. The second kappa shape index (κ2) is 9.22. The highest BCUT2D eigenvalue weighted by Gasteiger charge is 2.31. The highest BCUT2D eigenvalue weighted by atomic mass is 35.5. The smallest absolute Gasteiger partial charge is 0.416 e. The first-order chi connectivity index (χ1) is 16.2. The van der Waals surface area contributed by atoms with Crippen LogP contribution in [0.2, 0.25) is 5.02 Å². The molecule has 7 nitrogen and oxygen atoms in total. The number of aromatic nitrogens is 3. The van der Waals surface area contributed by atoms with Crippen molar-refractivity contribution >= 4 is 28.7 Å². The number of halogens is 4. The number of ether oxygens (including phenoxy) is 1. The number of hydrogen-bond acceptors (Lipinski definition) is 4. The molecule has 2 aromatic heterocycles. The Hall–Kier alpha value is -3.79. The number of nitrogens with zero attached hydrogens (tertiary/aromatic N) is 3. The fourth-order valence-electron chi connectivity index (χ4n) is 3.32. The molecule has 0 radical (unpaired) electrons. The van der Waals surface area contributed by atoms with Crippen LogP contribution in [0.3, 0.4) is 0 Å². The number of alkyl halides is 3. The normalized spacial score (nSPS) is 11.6. The molecule has 34 heavy (non-hydrogen) atoms. The van der Waals surface area contributed by atoms with Gasteiger partial charge < -0.3 is 14.6 Å². The van der Waals surface area contributed by atoms with Gasteiger partial charge in [0.15, 0.2) is 0 Å². The molecule has 0 aliphatic heterocycles. The van der Waals surface area contributed by atoms with Crippen LogP contribution in [0, 0.1) is 0 Å². The zero-order valence-electron chi connectivity index (χ0n) is 17.8. The van der Waals surface area contributed by atoms with Crippen molar-refractivity contribution in [2.75, 3.05) is 11.9 Å². The molecule has 0 spiro atoms. The third kappa shape index (κ3) is 4.91. The summed E-state index contributed by atoms with van der Waals surface area (Å²) in [4.78, 5) is 25.3. The molecule has 4 rings (SSSR count). The van der Waals surface area contributed by atoms with E-state index in [1.807, 2.05) is 19.1 Å². The van der Waals surface area contributed by atoms with Crippen LogP contribution in [0.4, 0.5) is 18.9 Å². The van der Waals surface area contributed by atoms with Crippen molar-refractivity contribution in [1.29, 1.82) is 0 Å². The quantitative estimate of drug-likeness (QED) is 0.418. The van der Waals surface area contributed by atoms with Gasteiger partial charge in [-0.15, -0.1) is 0 Å². The third-order valence-electron chi connectivity index (χ3n) is 4.95. The maximum atomic E-state index is 12.9. The fraction of sp³-hybridized carbons (Fsp3) is 0.174. The predicted molar refractivity (Wildman–Crippen MR) is 121 cm³/mol. The third-order valence-corrected chi connectivity index (χ3v) is 5.28. The molecule has 1 amide bonds. The Balaban J connectivity index is 1.55. The number of carbonyl (C=O) groups excluding carboxylic acids is 1. The molecule has 176 valence electrons. The van der Waals surface area contributed by atoms with Crippen molar-refractivity contribution in [3.05, 3.63) is 81.9 Å². The van der Waals surface area contributed by atoms with Crippen molar-refractivity contribution < 1.29 is 22.7 Å². The first-order valence-corrected chi connectivity index (χ1v) is 10.5. The van der Waals surface area contributed by atoms with Gasteiger partial charge in [-0.1, -0.05) is 11.6 Å². The predicted octanol–water partition coefficient (Wildman–Crippen LogP) is 4.87. The van der Waals surface area contributed by atoms with E-state index in [9.17, 15) is 22.8 Å². The van der Waals surface area contributed by atoms with E-state index in [0.29, 0.717) is 18.1 Å². The van der Waals surface area contributed by atoms with E-state index in [4.69, 9.17) is 16.3 Å². The van der Waals surface area contributed by atoms with Crippen LogP contribution in [0.1, 0.15) is 12.5 Å². The zero-order valence-corrected chi connectivity index (χ0v) is 18.5. The van der Waals surface area contributed by atoms with Gasteiger partial charge in [0.2, 0.25) is 5.91 Å². The minimum absolute atomic E-state index is 0.0556. The molecule has 0 bridgehead atoms. The summed E-state index contributed by atoms with van der Waals surface area (Å²) in [7, 11) is 0. The summed E-state index contributed by atoms with van der Waals surface area (Å²) in [5, 5.41) is 6.66. The lowest BCUT2D eigenvalue weighted by Crippen LogP contribution is -2.28. The minimum Gasteiger partial charge on any atom is -0.494 e. The lowest BCUT2D eigenvalue weighted by atomic mass is 10.1. The Morgan fingerprint density at radius 3 is 2.53 bits per heavy atom. The van der Waals surface area contributed by atoms with E-state index >= 15 is 0 Å². The highest BCUT2D eigenvalue weighted by Crippen LogP contribution is 2.33. The molecule has 0 fully saturated rings. The molecule has 2 aromatic carbocycles. The van der Waals surface area contributed by atoms with Gasteiger partial charge in [-0.3, -0.25) is 9.59 Å². The maximum absolute atomic E-state index is 12.9. The van der Waals surface area contributed by atoms with E-state index in [1.54, 1.807) is 18.2 Å². The monoisotopic (exact) mass is 490 g/mol. The molecule has 0 unspecified atom stereocenters. The zero-order chi connectivity index (χ0) is 24.5. The molecule has 0 aliphatic carbocycles. The minimum atomic E-state index is -4.59. The Morgan fingerprint density at radius 1 is 1.12 bits per heavy atom. The topological polar surface area (TPSA) is 77.6 Å². The molecule has 1 N–H and O–H groups in total. The van der Waals surface area contributed by atoms with Crippen molar-refractivity contribution in [3.8, 4) is 17.0 Å². The molecule has 0 saturated carbocycles. The Labute approximate surface area is 196 Å². The fourth-order valence-corrected chi connectivity index (χ4v) is 3.49. The Kier molecular flexibility index (Phi) is 6.34. The van der Waals surface area contributed by atoms with Gasteiger partial charge >= 0.3 is 6.18 Å². The van der Waals surface area contributed by atoms with Crippen LogP contribution in [-0.2, 0) is 17.5 Å². The van der Waals surface area contributed by atoms with Crippen LogP contribution in [0.5, 0.6) is 5.75 Å². The molecule has 0 atom stereocenters. The van der Waals surface area contributed by atoms with Crippen LogP contribution in [0.25, 0.3) is 16.8 Å². The second-order valence-corrected chi connectivity index (χ2v) is 7.70. The molecule has 11 heteroatoms. The van der Waals surface area contributed by atoms with Crippen molar-refractivity contribution in [2.45, 2.75) is 19.6 Å². The standard InChI is InChI=1S/C23H18ClF3N4O3/c1-2-34-16-6-3-14(4-7-16)18-12-20-22(33)30(9-10-31(20)29-18)13-21(32)28-19-11-15(23(25,26)27)5-8-17(19)24/h3-12H,2,13H2,1H3,(H,28,32). The molecular weight excluding hydrogens is 473 g/mol. The van der Waals surface area contributed by atoms with Crippen molar-refractivity contribution in [3.63, 3.8) is 0 Å². The number of nitrogens with one attached hydrogen (secondary N) is 1. The summed E-state index contributed by atoms with van der Waals surface area (Å²) in [6.45, 7) is 2.00. The van der Waals surface area contributed by atoms with E-state index < -0.39 is 29.8 Å². The summed E-state index contributed by atoms with van der Waals surface area (Å²) >= 11 is 5.92. The molecule has 0 aliphatic rings. The number of anilines is 1. The number of carbonyl (C=O) groups is 1. The second-order valence-electron chi connectivity index (χ2n) is 7.29. The van der Waals surface area contributed by atoms with Crippen LogP contribution < -0.4 is 15.6 Å². The summed E-state index contributed by atoms with van der Waals surface area (Å²) in [6.07, 6.45) is -1.70. The van der Waals surface area contributed by atoms with E-state index in [-0.39, 0.29) is 16.2 Å². The SMILES string of the molecule is CCOc1ccc(-c2cc3c(=O)n(CC(=O)Nc4cc(C(F)(F)F)ccc4Cl)ccn3n2)cc1. The molecule has 2 heterocycles. The van der Waals surface area contributed by atoms with Crippen LogP contribution in [-0.4, -0.2) is 26.7 Å². The van der Waals surface area contributed by atoms with E-state index in [2.05, 4.69) is 10.4 Å². The Bertz CT molecular complexity index is 1410. The number of rotatable bonds is 6. The number of amides is 1. The van der Waals surface area contributed by atoms with E-state index in [1.165, 1.54) is 16.9 Å². The molecule has 4 aromatic rings. The van der Waals surface area contributed by atoms with E-state index in [0.717, 1.165) is 28.3 Å². The molecule has 0 saturated heterocycles. The number of benzene rings is 2. The lowest BCUT2D eigenvalue weighted by molar-refractivity contribution is -0.137. The summed E-state index contributed by atoms with van der Waals surface area (Å²) in [5.74, 6) is 0.00295. The van der Waals surface area contributed by atoms with Gasteiger partial charge in [-0.2, -0.15) is 18.3 Å². The van der Waals surface area contributed by atoms with Gasteiger partial charge in [0, 0.05) is 18.0 Å². The largest absolute Gasteiger partial charge is 0.494 e. The van der Waals surface area contributed by atoms with Gasteiger partial charge in [0.1, 0.15) is 17.8 Å². The van der Waals surface area contributed by atoms with Gasteiger partial charge in [0.25, 0.3) is 5.56 Å². The number of fused-ring (bicyclic) bond motifs is 1. The van der Waals surface area contributed by atoms with Crippen LogP contribution >= 0.6 is 11.6 Å². The van der Waals surface area contributed by atoms with Gasteiger partial charge in [-0.25, -0.2) is 4.52 Å². The average Bonchev–Trinajstić information content (AvgIpc) is 3.22.